The van der Waals surface area contributed by atoms with Crippen LogP contribution in [0.1, 0.15) is 58.8 Å². The zero-order chi connectivity index (χ0) is 22.9. The molecule has 4 fully saturated rings. The van der Waals surface area contributed by atoms with Gasteiger partial charge in [-0.3, -0.25) is 14.5 Å². The summed E-state index contributed by atoms with van der Waals surface area (Å²) in [6.07, 6.45) is 6.35. The van der Waals surface area contributed by atoms with Gasteiger partial charge in [0.15, 0.2) is 11.6 Å². The van der Waals surface area contributed by atoms with Crippen molar-refractivity contribution in [3.63, 3.8) is 0 Å². The van der Waals surface area contributed by atoms with Gasteiger partial charge in [0, 0.05) is 38.0 Å². The molecule has 0 amide bonds. The first-order valence-electron chi connectivity index (χ1n) is 12.7. The van der Waals surface area contributed by atoms with Gasteiger partial charge in [0.2, 0.25) is 0 Å². The Morgan fingerprint density at radius 1 is 1.12 bits per heavy atom. The molecule has 1 aliphatic heterocycles. The van der Waals surface area contributed by atoms with Gasteiger partial charge < -0.3 is 15.1 Å². The minimum absolute atomic E-state index is 0.0522. The van der Waals surface area contributed by atoms with E-state index < -0.39 is 17.1 Å². The van der Waals surface area contributed by atoms with E-state index in [0.717, 1.165) is 51.9 Å². The molecule has 178 valence electrons. The molecular formula is C26H40N2O4. The van der Waals surface area contributed by atoms with Crippen molar-refractivity contribution in [3.8, 4) is 0 Å². The summed E-state index contributed by atoms with van der Waals surface area (Å²) in [7, 11) is 2.10. The van der Waals surface area contributed by atoms with Crippen LogP contribution < -0.4 is 0 Å². The molecule has 0 aromatic heterocycles. The van der Waals surface area contributed by atoms with Crippen LogP contribution >= 0.6 is 0 Å². The molecule has 32 heavy (non-hydrogen) atoms. The van der Waals surface area contributed by atoms with Crippen molar-refractivity contribution < 1.29 is 19.8 Å². The van der Waals surface area contributed by atoms with Gasteiger partial charge in [-0.2, -0.15) is 0 Å². The highest BCUT2D eigenvalue weighted by Crippen LogP contribution is 2.67. The van der Waals surface area contributed by atoms with Crippen LogP contribution in [0.3, 0.4) is 0 Å². The van der Waals surface area contributed by atoms with Crippen LogP contribution in [0.25, 0.3) is 0 Å². The molecule has 2 N–H and O–H groups in total. The molecule has 1 saturated heterocycles. The predicted octanol–water partition coefficient (Wildman–Crippen LogP) is 2.04. The molecule has 4 aliphatic carbocycles. The number of ketones is 2. The van der Waals surface area contributed by atoms with Gasteiger partial charge in [-0.1, -0.05) is 19.4 Å². The van der Waals surface area contributed by atoms with Crippen LogP contribution in [0.5, 0.6) is 0 Å². The Kier molecular flexibility index (Phi) is 5.48. The van der Waals surface area contributed by atoms with E-state index in [1.807, 2.05) is 6.08 Å². The molecule has 1 heterocycles. The third kappa shape index (κ3) is 3.20. The van der Waals surface area contributed by atoms with Gasteiger partial charge in [-0.15, -0.1) is 0 Å². The number of aliphatic hydroxyl groups is 2. The van der Waals surface area contributed by atoms with Crippen molar-refractivity contribution in [1.29, 1.82) is 0 Å². The van der Waals surface area contributed by atoms with E-state index in [1.165, 1.54) is 5.57 Å². The largest absolute Gasteiger partial charge is 0.393 e. The van der Waals surface area contributed by atoms with Gasteiger partial charge in [0.05, 0.1) is 12.6 Å². The van der Waals surface area contributed by atoms with Crippen LogP contribution in [0.4, 0.5) is 0 Å². The van der Waals surface area contributed by atoms with Crippen LogP contribution in [-0.4, -0.2) is 83.1 Å². The molecule has 0 radical (unpaired) electrons. The first kappa shape index (κ1) is 22.7. The Hall–Kier alpha value is -1.08. The number of fused-ring (bicyclic) bond motifs is 5. The van der Waals surface area contributed by atoms with E-state index in [0.29, 0.717) is 31.7 Å². The predicted molar refractivity (Wildman–Crippen MR) is 122 cm³/mol. The number of hydrogen-bond donors (Lipinski definition) is 2. The number of likely N-dealkylation sites (N-methyl/N-ethyl adjacent to an activating group) is 1. The maximum absolute atomic E-state index is 13.5. The zero-order valence-corrected chi connectivity index (χ0v) is 20.0. The van der Waals surface area contributed by atoms with Gasteiger partial charge in [0.25, 0.3) is 0 Å². The van der Waals surface area contributed by atoms with Crippen LogP contribution in [0.2, 0.25) is 0 Å². The summed E-state index contributed by atoms with van der Waals surface area (Å²) in [5.41, 5.74) is -0.856. The Bertz CT molecular complexity index is 834. The summed E-state index contributed by atoms with van der Waals surface area (Å²) in [6, 6.07) is 0. The number of carbonyl (C=O) groups is 2. The van der Waals surface area contributed by atoms with Crippen molar-refractivity contribution in [3.05, 3.63) is 11.6 Å². The molecule has 6 nitrogen and oxygen atoms in total. The number of carbonyl (C=O) groups excluding carboxylic acids is 2. The lowest BCUT2D eigenvalue weighted by Crippen LogP contribution is -2.63. The lowest BCUT2D eigenvalue weighted by Gasteiger charge is -2.60. The van der Waals surface area contributed by atoms with Crippen molar-refractivity contribution in [2.75, 3.05) is 39.8 Å². The van der Waals surface area contributed by atoms with Gasteiger partial charge in [-0.25, -0.2) is 0 Å². The molecule has 0 aromatic carbocycles. The van der Waals surface area contributed by atoms with Crippen molar-refractivity contribution in [1.82, 2.24) is 9.80 Å². The first-order chi connectivity index (χ1) is 15.1. The standard InChI is InChI=1S/C26H40N2O4/c1-24-8-6-18(29)14-17(24)4-5-19-20-7-9-26(32,25(20,2)15-21(30)23(19)24)22(31)16-28-12-10-27(3)11-13-28/h14,19-21,23,30,32H,4-13,15-16H2,1-3H3/t19?,20?,21?,23?,24?,25?,26-/m0/s1. The average molecular weight is 445 g/mol. The second-order valence-electron chi connectivity index (χ2n) is 12.0. The summed E-state index contributed by atoms with van der Waals surface area (Å²) in [6.45, 7) is 8.24. The lowest BCUT2D eigenvalue weighted by molar-refractivity contribution is -0.181. The fraction of sp³-hybridized carbons (Fsp3) is 0.846. The normalized spacial score (nSPS) is 47.4. The van der Waals surface area contributed by atoms with E-state index in [1.54, 1.807) is 0 Å². The summed E-state index contributed by atoms with van der Waals surface area (Å²) in [4.78, 5) is 30.0. The number of Topliss-reactive ketones (excluding diaryl/α,β-unsaturated/α-hetero) is 1. The maximum Gasteiger partial charge on any atom is 0.178 e. The molecule has 0 bridgehead atoms. The van der Waals surface area contributed by atoms with E-state index in [9.17, 15) is 19.8 Å². The van der Waals surface area contributed by atoms with E-state index in [2.05, 4.69) is 30.7 Å². The quantitative estimate of drug-likeness (QED) is 0.693. The topological polar surface area (TPSA) is 81.1 Å². The molecule has 0 spiro atoms. The Morgan fingerprint density at radius 2 is 1.84 bits per heavy atom. The van der Waals surface area contributed by atoms with Crippen molar-refractivity contribution in [2.45, 2.75) is 70.5 Å². The number of rotatable bonds is 3. The van der Waals surface area contributed by atoms with Gasteiger partial charge in [-0.05, 0) is 74.8 Å². The maximum atomic E-state index is 13.5. The Labute approximate surface area is 192 Å². The summed E-state index contributed by atoms with van der Waals surface area (Å²) in [5.74, 6) is 0.820. The minimum atomic E-state index is -1.35. The Morgan fingerprint density at radius 3 is 2.56 bits per heavy atom. The monoisotopic (exact) mass is 444 g/mol. The highest BCUT2D eigenvalue weighted by Gasteiger charge is 2.68. The smallest absolute Gasteiger partial charge is 0.178 e. The molecule has 5 aliphatic rings. The summed E-state index contributed by atoms with van der Waals surface area (Å²) >= 11 is 0. The third-order valence-corrected chi connectivity index (χ3v) is 10.5. The second-order valence-corrected chi connectivity index (χ2v) is 12.0. The van der Waals surface area contributed by atoms with Gasteiger partial charge >= 0.3 is 0 Å². The highest BCUT2D eigenvalue weighted by molar-refractivity contribution is 5.92. The lowest BCUT2D eigenvalue weighted by atomic mass is 9.45. The summed E-state index contributed by atoms with van der Waals surface area (Å²) in [5, 5.41) is 23.4. The molecule has 7 atom stereocenters. The zero-order valence-electron chi connectivity index (χ0n) is 20.0. The number of aliphatic hydroxyl groups excluding tert-OH is 1. The van der Waals surface area contributed by atoms with Crippen LogP contribution in [0.15, 0.2) is 11.6 Å². The molecule has 0 aromatic rings. The molecule has 6 unspecified atom stereocenters. The number of nitrogens with zero attached hydrogens (tertiary/aromatic N) is 2. The van der Waals surface area contributed by atoms with E-state index in [4.69, 9.17) is 0 Å². The number of piperazine rings is 1. The van der Waals surface area contributed by atoms with E-state index in [-0.39, 0.29) is 28.8 Å². The van der Waals surface area contributed by atoms with E-state index >= 15 is 0 Å². The minimum Gasteiger partial charge on any atom is -0.393 e. The second kappa shape index (κ2) is 7.72. The van der Waals surface area contributed by atoms with Gasteiger partial charge in [0.1, 0.15) is 5.60 Å². The highest BCUT2D eigenvalue weighted by atomic mass is 16.3. The molecule has 6 heteroatoms. The van der Waals surface area contributed by atoms with Crippen molar-refractivity contribution in [2.24, 2.45) is 28.6 Å². The first-order valence-corrected chi connectivity index (χ1v) is 12.7. The third-order valence-electron chi connectivity index (χ3n) is 10.5. The number of hydrogen-bond acceptors (Lipinski definition) is 6. The molecule has 3 saturated carbocycles. The average Bonchev–Trinajstić information content (AvgIpc) is 3.01. The van der Waals surface area contributed by atoms with Crippen LogP contribution in [0, 0.1) is 28.6 Å². The van der Waals surface area contributed by atoms with Crippen molar-refractivity contribution >= 4 is 11.6 Å². The number of allylic oxidation sites excluding steroid dienone is 1. The summed E-state index contributed by atoms with van der Waals surface area (Å²) < 4.78 is 0. The SMILES string of the molecule is CN1CCN(CC(=O)[C@@]2(O)CCC3C4CCC5=CC(=O)CCC5(C)C4C(O)CC32C)CC1. The molecule has 5 rings (SSSR count). The fourth-order valence-corrected chi connectivity index (χ4v) is 8.49. The van der Waals surface area contributed by atoms with Crippen LogP contribution in [-0.2, 0) is 9.59 Å². The Balaban J connectivity index is 1.39. The molecular weight excluding hydrogens is 404 g/mol. The fourth-order valence-electron chi connectivity index (χ4n) is 8.49.